The summed E-state index contributed by atoms with van der Waals surface area (Å²) in [4.78, 5) is 4.29. The number of imidazole rings is 1. The number of halogens is 1. The third kappa shape index (κ3) is 2.05. The summed E-state index contributed by atoms with van der Waals surface area (Å²) in [5.41, 5.74) is 7.92. The number of methoxy groups -OCH3 is 2. The Bertz CT molecular complexity index is 814. The predicted molar refractivity (Wildman–Crippen MR) is 78.5 cm³/mol. The number of nitrogens with zero attached hydrogens (tertiary/aromatic N) is 2. The van der Waals surface area contributed by atoms with Crippen molar-refractivity contribution in [3.63, 3.8) is 0 Å². The van der Waals surface area contributed by atoms with Crippen molar-refractivity contribution in [1.82, 2.24) is 9.55 Å². The summed E-state index contributed by atoms with van der Waals surface area (Å²) in [5, 5.41) is 0. The number of rotatable bonds is 3. The first-order valence-corrected chi connectivity index (χ1v) is 6.30. The maximum absolute atomic E-state index is 13.9. The molecule has 0 amide bonds. The number of benzene rings is 2. The van der Waals surface area contributed by atoms with Gasteiger partial charge in [-0.3, -0.25) is 4.57 Å². The Balaban J connectivity index is 2.25. The smallest absolute Gasteiger partial charge is 0.206 e. The monoisotopic (exact) mass is 287 g/mol. The van der Waals surface area contributed by atoms with Crippen LogP contribution in [-0.2, 0) is 0 Å². The van der Waals surface area contributed by atoms with Crippen molar-refractivity contribution >= 4 is 17.0 Å². The van der Waals surface area contributed by atoms with Crippen LogP contribution < -0.4 is 15.2 Å². The van der Waals surface area contributed by atoms with Gasteiger partial charge in [-0.2, -0.15) is 0 Å². The van der Waals surface area contributed by atoms with Crippen molar-refractivity contribution in [2.75, 3.05) is 20.0 Å². The molecule has 0 saturated heterocycles. The summed E-state index contributed by atoms with van der Waals surface area (Å²) < 4.78 is 25.7. The third-order valence-electron chi connectivity index (χ3n) is 3.29. The van der Waals surface area contributed by atoms with E-state index in [1.807, 2.05) is 12.1 Å². The topological polar surface area (TPSA) is 62.3 Å². The molecule has 0 atom stereocenters. The molecule has 0 saturated carbocycles. The van der Waals surface area contributed by atoms with Gasteiger partial charge < -0.3 is 15.2 Å². The van der Waals surface area contributed by atoms with Gasteiger partial charge in [-0.25, -0.2) is 9.37 Å². The van der Waals surface area contributed by atoms with Gasteiger partial charge >= 0.3 is 0 Å². The van der Waals surface area contributed by atoms with Crippen LogP contribution in [0.4, 0.5) is 10.3 Å². The first-order chi connectivity index (χ1) is 10.2. The highest BCUT2D eigenvalue weighted by atomic mass is 19.1. The summed E-state index contributed by atoms with van der Waals surface area (Å²) in [5.74, 6) is 0.601. The third-order valence-corrected chi connectivity index (χ3v) is 3.29. The number of para-hydroxylation sites is 1. The van der Waals surface area contributed by atoms with Crippen LogP contribution >= 0.6 is 0 Å². The van der Waals surface area contributed by atoms with E-state index in [2.05, 4.69) is 4.98 Å². The number of ether oxygens (including phenoxy) is 2. The van der Waals surface area contributed by atoms with E-state index in [0.29, 0.717) is 17.0 Å². The standard InChI is InChI=1S/C15H14FN3O2/c1-20-12-7-6-9(8-10(12)16)19-11-4-3-5-13(21-2)14(11)18-15(19)17/h3-8H,1-2H3,(H2,17,18). The number of anilines is 1. The fourth-order valence-electron chi connectivity index (χ4n) is 2.32. The Kier molecular flexibility index (Phi) is 3.13. The minimum Gasteiger partial charge on any atom is -0.494 e. The Hall–Kier alpha value is -2.76. The van der Waals surface area contributed by atoms with E-state index < -0.39 is 5.82 Å². The number of hydrogen-bond acceptors (Lipinski definition) is 4. The van der Waals surface area contributed by atoms with E-state index in [4.69, 9.17) is 15.2 Å². The predicted octanol–water partition coefficient (Wildman–Crippen LogP) is 2.76. The normalized spacial score (nSPS) is 10.8. The summed E-state index contributed by atoms with van der Waals surface area (Å²) in [6.07, 6.45) is 0. The largest absolute Gasteiger partial charge is 0.494 e. The Labute approximate surface area is 120 Å². The molecule has 5 nitrogen and oxygen atoms in total. The van der Waals surface area contributed by atoms with Gasteiger partial charge in [0, 0.05) is 6.07 Å². The fraction of sp³-hybridized carbons (Fsp3) is 0.133. The molecule has 3 aromatic rings. The molecule has 1 aromatic heterocycles. The molecule has 2 aromatic carbocycles. The molecule has 0 aliphatic heterocycles. The zero-order valence-electron chi connectivity index (χ0n) is 11.6. The van der Waals surface area contributed by atoms with Crippen molar-refractivity contribution in [2.24, 2.45) is 0 Å². The lowest BCUT2D eigenvalue weighted by Gasteiger charge is -2.09. The lowest BCUT2D eigenvalue weighted by molar-refractivity contribution is 0.386. The molecule has 2 N–H and O–H groups in total. The highest BCUT2D eigenvalue weighted by Crippen LogP contribution is 2.30. The molecule has 1 heterocycles. The maximum atomic E-state index is 13.9. The zero-order valence-corrected chi connectivity index (χ0v) is 11.6. The van der Waals surface area contributed by atoms with E-state index in [1.54, 1.807) is 29.9 Å². The van der Waals surface area contributed by atoms with Crippen LogP contribution in [0.2, 0.25) is 0 Å². The van der Waals surface area contributed by atoms with Crippen molar-refractivity contribution in [1.29, 1.82) is 0 Å². The number of fused-ring (bicyclic) bond motifs is 1. The Morgan fingerprint density at radius 3 is 2.52 bits per heavy atom. The van der Waals surface area contributed by atoms with Gasteiger partial charge in [0.15, 0.2) is 11.6 Å². The van der Waals surface area contributed by atoms with Gasteiger partial charge in [0.25, 0.3) is 0 Å². The molecule has 108 valence electrons. The van der Waals surface area contributed by atoms with Gasteiger partial charge in [0.05, 0.1) is 25.4 Å². The van der Waals surface area contributed by atoms with Crippen LogP contribution in [0.3, 0.4) is 0 Å². The highest BCUT2D eigenvalue weighted by Gasteiger charge is 2.14. The molecule has 21 heavy (non-hydrogen) atoms. The molecule has 3 rings (SSSR count). The van der Waals surface area contributed by atoms with Crippen LogP contribution in [0.5, 0.6) is 11.5 Å². The molecule has 0 radical (unpaired) electrons. The van der Waals surface area contributed by atoms with E-state index in [9.17, 15) is 4.39 Å². The molecule has 0 bridgehead atoms. The van der Waals surface area contributed by atoms with Crippen LogP contribution in [0.15, 0.2) is 36.4 Å². The van der Waals surface area contributed by atoms with Crippen LogP contribution in [-0.4, -0.2) is 23.8 Å². The van der Waals surface area contributed by atoms with Gasteiger partial charge in [-0.15, -0.1) is 0 Å². The average Bonchev–Trinajstić information content (AvgIpc) is 2.82. The second-order valence-electron chi connectivity index (χ2n) is 4.45. The first-order valence-electron chi connectivity index (χ1n) is 6.30. The van der Waals surface area contributed by atoms with E-state index >= 15 is 0 Å². The average molecular weight is 287 g/mol. The summed E-state index contributed by atoms with van der Waals surface area (Å²) in [6.45, 7) is 0. The molecule has 6 heteroatoms. The van der Waals surface area contributed by atoms with Crippen molar-refractivity contribution < 1.29 is 13.9 Å². The molecule has 0 spiro atoms. The SMILES string of the molecule is COc1ccc(-n2c(N)nc3c(OC)cccc32)cc1F. The minimum absolute atomic E-state index is 0.180. The number of nitrogen functional groups attached to an aromatic ring is 1. The molecule has 0 aliphatic rings. The number of hydrogen-bond donors (Lipinski definition) is 1. The minimum atomic E-state index is -0.459. The Morgan fingerprint density at radius 2 is 1.86 bits per heavy atom. The molecule has 0 fully saturated rings. The van der Waals surface area contributed by atoms with Gasteiger partial charge in [0.1, 0.15) is 11.3 Å². The van der Waals surface area contributed by atoms with Gasteiger partial charge in [-0.1, -0.05) is 6.07 Å². The molecular formula is C15H14FN3O2. The van der Waals surface area contributed by atoms with E-state index in [1.165, 1.54) is 13.2 Å². The maximum Gasteiger partial charge on any atom is 0.206 e. The summed E-state index contributed by atoms with van der Waals surface area (Å²) in [7, 11) is 2.99. The van der Waals surface area contributed by atoms with Crippen LogP contribution in [0, 0.1) is 5.82 Å². The van der Waals surface area contributed by atoms with Gasteiger partial charge in [-0.05, 0) is 24.3 Å². The van der Waals surface area contributed by atoms with Crippen LogP contribution in [0.25, 0.3) is 16.7 Å². The second-order valence-corrected chi connectivity index (χ2v) is 4.45. The van der Waals surface area contributed by atoms with Gasteiger partial charge in [0.2, 0.25) is 5.95 Å². The van der Waals surface area contributed by atoms with Crippen molar-refractivity contribution in [3.05, 3.63) is 42.2 Å². The van der Waals surface area contributed by atoms with E-state index in [-0.39, 0.29) is 11.7 Å². The highest BCUT2D eigenvalue weighted by molar-refractivity contribution is 5.86. The van der Waals surface area contributed by atoms with E-state index in [0.717, 1.165) is 5.52 Å². The molecule has 0 unspecified atom stereocenters. The van der Waals surface area contributed by atoms with Crippen molar-refractivity contribution in [2.45, 2.75) is 0 Å². The summed E-state index contributed by atoms with van der Waals surface area (Å²) in [6, 6.07) is 10.1. The number of nitrogens with two attached hydrogens (primary N) is 1. The lowest BCUT2D eigenvalue weighted by atomic mass is 10.2. The van der Waals surface area contributed by atoms with Crippen LogP contribution in [0.1, 0.15) is 0 Å². The lowest BCUT2D eigenvalue weighted by Crippen LogP contribution is -2.01. The number of aromatic nitrogens is 2. The molecular weight excluding hydrogens is 273 g/mol. The quantitative estimate of drug-likeness (QED) is 0.804. The Morgan fingerprint density at radius 1 is 1.10 bits per heavy atom. The summed E-state index contributed by atoms with van der Waals surface area (Å²) >= 11 is 0. The zero-order chi connectivity index (χ0) is 15.0. The first kappa shape index (κ1) is 13.2. The van der Waals surface area contributed by atoms with Crippen molar-refractivity contribution in [3.8, 4) is 17.2 Å². The second kappa shape index (κ2) is 4.97. The fourth-order valence-corrected chi connectivity index (χ4v) is 2.32. The molecule has 0 aliphatic carbocycles.